The standard InChI is InChI=1S/C57H39N3/c1-57(2)49-22-12-9-19-41(49)44-34-48-46-32-37(36-25-28-53-45(31-36)42-20-10-13-23-51(42)58(53)38-15-5-3-6-16-38)26-29-54(46)60(56(48)35-50(44)57)40-27-30-55-47(33-40)43-21-11-14-24-52(43)59(55)39-17-7-4-8-18-39/h3-35H,1-2H3. The number of benzene rings is 9. The summed E-state index contributed by atoms with van der Waals surface area (Å²) in [5.41, 5.74) is 18.5. The molecule has 3 aromatic heterocycles. The van der Waals surface area contributed by atoms with Crippen LogP contribution in [-0.2, 0) is 5.41 Å². The summed E-state index contributed by atoms with van der Waals surface area (Å²) in [7, 11) is 0. The van der Waals surface area contributed by atoms with Crippen LogP contribution in [0.25, 0.3) is 105 Å². The van der Waals surface area contributed by atoms with Crippen LogP contribution in [0.2, 0.25) is 0 Å². The van der Waals surface area contributed by atoms with Gasteiger partial charge < -0.3 is 13.7 Å². The van der Waals surface area contributed by atoms with Crippen LogP contribution < -0.4 is 0 Å². The Labute approximate surface area is 347 Å². The van der Waals surface area contributed by atoms with Gasteiger partial charge in [-0.3, -0.25) is 0 Å². The number of hydrogen-bond donors (Lipinski definition) is 0. The SMILES string of the molecule is CC1(C)c2ccccc2-c2cc3c4cc(-c5ccc6c(c5)c5ccccc5n6-c5ccccc5)ccc4n(-c4ccc5c(c4)c4ccccc4n5-c4ccccc4)c3cc21. The number of hydrogen-bond acceptors (Lipinski definition) is 0. The van der Waals surface area contributed by atoms with E-state index in [9.17, 15) is 0 Å². The molecule has 1 aliphatic rings. The summed E-state index contributed by atoms with van der Waals surface area (Å²) >= 11 is 0. The molecule has 3 heteroatoms. The van der Waals surface area contributed by atoms with E-state index in [0.717, 1.165) is 5.69 Å². The predicted molar refractivity (Wildman–Crippen MR) is 252 cm³/mol. The monoisotopic (exact) mass is 765 g/mol. The molecule has 0 unspecified atom stereocenters. The molecule has 0 saturated carbocycles. The molecule has 0 bridgehead atoms. The third-order valence-electron chi connectivity index (χ3n) is 13.4. The first kappa shape index (κ1) is 33.4. The Balaban J connectivity index is 1.07. The van der Waals surface area contributed by atoms with Gasteiger partial charge in [-0.15, -0.1) is 0 Å². The molecule has 9 aromatic carbocycles. The van der Waals surface area contributed by atoms with Crippen molar-refractivity contribution in [1.29, 1.82) is 0 Å². The fraction of sp³-hybridized carbons (Fsp3) is 0.0526. The van der Waals surface area contributed by atoms with Crippen molar-refractivity contribution >= 4 is 65.4 Å². The predicted octanol–water partition coefficient (Wildman–Crippen LogP) is 15.0. The maximum Gasteiger partial charge on any atom is 0.0544 e. The number of nitrogens with zero attached hydrogens (tertiary/aromatic N) is 3. The largest absolute Gasteiger partial charge is 0.309 e. The van der Waals surface area contributed by atoms with Crippen molar-refractivity contribution in [3.63, 3.8) is 0 Å². The molecule has 0 spiro atoms. The Morgan fingerprint density at radius 3 is 1.35 bits per heavy atom. The van der Waals surface area contributed by atoms with E-state index in [1.54, 1.807) is 0 Å². The smallest absolute Gasteiger partial charge is 0.0544 e. The molecule has 3 nitrogen and oxygen atoms in total. The van der Waals surface area contributed by atoms with Gasteiger partial charge >= 0.3 is 0 Å². The molecule has 0 amide bonds. The minimum Gasteiger partial charge on any atom is -0.309 e. The highest BCUT2D eigenvalue weighted by molar-refractivity contribution is 6.15. The van der Waals surface area contributed by atoms with Crippen LogP contribution in [0.5, 0.6) is 0 Å². The molecule has 0 aliphatic heterocycles. The summed E-state index contributed by atoms with van der Waals surface area (Å²) in [5, 5.41) is 7.54. The fourth-order valence-electron chi connectivity index (χ4n) is 10.6. The van der Waals surface area contributed by atoms with Gasteiger partial charge in [-0.1, -0.05) is 123 Å². The normalized spacial score (nSPS) is 13.3. The molecule has 12 aromatic rings. The van der Waals surface area contributed by atoms with E-state index in [0.29, 0.717) is 0 Å². The van der Waals surface area contributed by atoms with Gasteiger partial charge in [0.15, 0.2) is 0 Å². The van der Waals surface area contributed by atoms with Crippen LogP contribution in [0.1, 0.15) is 25.0 Å². The number of para-hydroxylation sites is 4. The topological polar surface area (TPSA) is 14.8 Å². The summed E-state index contributed by atoms with van der Waals surface area (Å²) in [6.45, 7) is 4.76. The quantitative estimate of drug-likeness (QED) is 0.169. The van der Waals surface area contributed by atoms with E-state index >= 15 is 0 Å². The van der Waals surface area contributed by atoms with Crippen molar-refractivity contribution < 1.29 is 0 Å². The Bertz CT molecular complexity index is 3730. The zero-order valence-corrected chi connectivity index (χ0v) is 33.4. The Hall–Kier alpha value is -7.62. The lowest BCUT2D eigenvalue weighted by molar-refractivity contribution is 0.661. The van der Waals surface area contributed by atoms with Crippen molar-refractivity contribution in [2.75, 3.05) is 0 Å². The van der Waals surface area contributed by atoms with Gasteiger partial charge in [0.2, 0.25) is 0 Å². The van der Waals surface area contributed by atoms with Crippen LogP contribution in [0.4, 0.5) is 0 Å². The van der Waals surface area contributed by atoms with Gasteiger partial charge in [-0.05, 0) is 124 Å². The minimum atomic E-state index is -0.117. The molecule has 1 aliphatic carbocycles. The van der Waals surface area contributed by atoms with E-state index in [4.69, 9.17) is 0 Å². The molecular formula is C57H39N3. The highest BCUT2D eigenvalue weighted by Crippen LogP contribution is 2.51. The second-order valence-corrected chi connectivity index (χ2v) is 17.0. The second kappa shape index (κ2) is 12.2. The summed E-state index contributed by atoms with van der Waals surface area (Å²) in [5.74, 6) is 0. The van der Waals surface area contributed by atoms with Crippen molar-refractivity contribution in [2.45, 2.75) is 19.3 Å². The zero-order chi connectivity index (χ0) is 39.7. The fourth-order valence-corrected chi connectivity index (χ4v) is 10.6. The number of rotatable bonds is 4. The Kier molecular flexibility index (Phi) is 6.78. The van der Waals surface area contributed by atoms with E-state index in [1.165, 1.54) is 110 Å². The summed E-state index contributed by atoms with van der Waals surface area (Å²) < 4.78 is 7.30. The molecule has 60 heavy (non-hydrogen) atoms. The van der Waals surface area contributed by atoms with Gasteiger partial charge in [0.25, 0.3) is 0 Å². The zero-order valence-electron chi connectivity index (χ0n) is 33.4. The van der Waals surface area contributed by atoms with Crippen molar-refractivity contribution in [1.82, 2.24) is 13.7 Å². The lowest BCUT2D eigenvalue weighted by atomic mass is 9.82. The third kappa shape index (κ3) is 4.55. The van der Waals surface area contributed by atoms with Crippen molar-refractivity contribution in [3.05, 3.63) is 211 Å². The van der Waals surface area contributed by atoms with Gasteiger partial charge in [-0.2, -0.15) is 0 Å². The lowest BCUT2D eigenvalue weighted by Gasteiger charge is -2.21. The van der Waals surface area contributed by atoms with Crippen LogP contribution >= 0.6 is 0 Å². The summed E-state index contributed by atoms with van der Waals surface area (Å²) in [6, 6.07) is 74.1. The first-order valence-electron chi connectivity index (χ1n) is 20.9. The van der Waals surface area contributed by atoms with Crippen molar-refractivity contribution in [2.24, 2.45) is 0 Å². The van der Waals surface area contributed by atoms with Gasteiger partial charge in [-0.25, -0.2) is 0 Å². The maximum absolute atomic E-state index is 2.51. The first-order valence-corrected chi connectivity index (χ1v) is 20.9. The molecule has 3 heterocycles. The van der Waals surface area contributed by atoms with E-state index < -0.39 is 0 Å². The highest BCUT2D eigenvalue weighted by atomic mass is 15.0. The van der Waals surface area contributed by atoms with E-state index in [2.05, 4.69) is 228 Å². The van der Waals surface area contributed by atoms with E-state index in [-0.39, 0.29) is 5.41 Å². The molecule has 0 N–H and O–H groups in total. The minimum absolute atomic E-state index is 0.117. The van der Waals surface area contributed by atoms with Gasteiger partial charge in [0.05, 0.1) is 33.1 Å². The second-order valence-electron chi connectivity index (χ2n) is 17.0. The average molecular weight is 766 g/mol. The van der Waals surface area contributed by atoms with Crippen LogP contribution in [-0.4, -0.2) is 13.7 Å². The number of aromatic nitrogens is 3. The molecule has 0 fully saturated rings. The molecule has 0 atom stereocenters. The molecular weight excluding hydrogens is 727 g/mol. The van der Waals surface area contributed by atoms with Crippen LogP contribution in [0.3, 0.4) is 0 Å². The molecule has 0 saturated heterocycles. The first-order chi connectivity index (χ1) is 29.5. The molecule has 13 rings (SSSR count). The lowest BCUT2D eigenvalue weighted by Crippen LogP contribution is -2.14. The molecule has 282 valence electrons. The van der Waals surface area contributed by atoms with E-state index in [1.807, 2.05) is 0 Å². The summed E-state index contributed by atoms with van der Waals surface area (Å²) in [4.78, 5) is 0. The van der Waals surface area contributed by atoms with Crippen LogP contribution in [0.15, 0.2) is 200 Å². The highest BCUT2D eigenvalue weighted by Gasteiger charge is 2.36. The van der Waals surface area contributed by atoms with Crippen molar-refractivity contribution in [3.8, 4) is 39.3 Å². The third-order valence-corrected chi connectivity index (χ3v) is 13.4. The maximum atomic E-state index is 2.51. The van der Waals surface area contributed by atoms with Gasteiger partial charge in [0.1, 0.15) is 0 Å². The molecule has 0 radical (unpaired) electrons. The summed E-state index contributed by atoms with van der Waals surface area (Å²) in [6.07, 6.45) is 0. The Morgan fingerprint density at radius 1 is 0.283 bits per heavy atom. The number of fused-ring (bicyclic) bond motifs is 12. The average Bonchev–Trinajstić information content (AvgIpc) is 3.99. The van der Waals surface area contributed by atoms with Crippen LogP contribution in [0, 0.1) is 0 Å². The van der Waals surface area contributed by atoms with Gasteiger partial charge in [0, 0.05) is 54.8 Å². The Morgan fingerprint density at radius 2 is 0.733 bits per heavy atom.